The number of benzene rings is 1. The highest BCUT2D eigenvalue weighted by molar-refractivity contribution is 5.68. The summed E-state index contributed by atoms with van der Waals surface area (Å²) in [6, 6.07) is 7.44. The molecule has 1 aromatic carbocycles. The zero-order valence-corrected chi connectivity index (χ0v) is 9.47. The van der Waals surface area contributed by atoms with E-state index in [2.05, 4.69) is 0 Å². The minimum absolute atomic E-state index is 0.230. The van der Waals surface area contributed by atoms with E-state index in [9.17, 15) is 4.79 Å². The maximum absolute atomic E-state index is 10.3. The lowest BCUT2D eigenvalue weighted by atomic mass is 10.1. The summed E-state index contributed by atoms with van der Waals surface area (Å²) < 4.78 is 10.5. The fourth-order valence-corrected chi connectivity index (χ4v) is 1.29. The van der Waals surface area contributed by atoms with Gasteiger partial charge in [0.2, 0.25) is 0 Å². The molecule has 0 aliphatic carbocycles. The van der Waals surface area contributed by atoms with Gasteiger partial charge in [0, 0.05) is 0 Å². The average Bonchev–Trinajstić information content (AvgIpc) is 2.27. The van der Waals surface area contributed by atoms with Crippen molar-refractivity contribution in [2.45, 2.75) is 20.0 Å². The molecule has 1 atom stereocenters. The summed E-state index contributed by atoms with van der Waals surface area (Å²) in [5, 5.41) is 8.48. The Morgan fingerprint density at radius 1 is 1.38 bits per heavy atom. The first kappa shape index (κ1) is 12.5. The van der Waals surface area contributed by atoms with E-state index in [1.807, 2.05) is 38.1 Å². The number of rotatable bonds is 6. The van der Waals surface area contributed by atoms with Crippen molar-refractivity contribution in [3.63, 3.8) is 0 Å². The van der Waals surface area contributed by atoms with Crippen LogP contribution in [-0.4, -0.2) is 24.3 Å². The summed E-state index contributed by atoms with van der Waals surface area (Å²) in [6.07, 6.45) is -0.230. The van der Waals surface area contributed by atoms with Crippen LogP contribution in [0, 0.1) is 0 Å². The minimum Gasteiger partial charge on any atom is -0.494 e. The first-order chi connectivity index (χ1) is 7.63. The number of carboxylic acids is 1. The van der Waals surface area contributed by atoms with Crippen LogP contribution in [0.15, 0.2) is 24.3 Å². The molecule has 0 aromatic heterocycles. The van der Waals surface area contributed by atoms with Gasteiger partial charge in [0.1, 0.15) is 12.4 Å². The molecular formula is C12H16O4. The van der Waals surface area contributed by atoms with Gasteiger partial charge >= 0.3 is 5.97 Å². The van der Waals surface area contributed by atoms with Crippen LogP contribution in [0.4, 0.5) is 0 Å². The van der Waals surface area contributed by atoms with E-state index in [1.165, 1.54) is 0 Å². The van der Waals surface area contributed by atoms with Crippen LogP contribution in [0.25, 0.3) is 0 Å². The largest absolute Gasteiger partial charge is 0.494 e. The standard InChI is InChI=1S/C12H16O4/c1-3-15-11-6-4-10(5-7-11)9(2)16-8-12(13)14/h4-7,9H,3,8H2,1-2H3,(H,13,14). The van der Waals surface area contributed by atoms with Crippen LogP contribution in [0.1, 0.15) is 25.5 Å². The Labute approximate surface area is 94.8 Å². The van der Waals surface area contributed by atoms with Crippen LogP contribution < -0.4 is 4.74 Å². The van der Waals surface area contributed by atoms with Crippen molar-refractivity contribution < 1.29 is 19.4 Å². The zero-order valence-electron chi connectivity index (χ0n) is 9.47. The fourth-order valence-electron chi connectivity index (χ4n) is 1.29. The molecule has 0 radical (unpaired) electrons. The van der Waals surface area contributed by atoms with Crippen LogP contribution >= 0.6 is 0 Å². The maximum Gasteiger partial charge on any atom is 0.329 e. The van der Waals surface area contributed by atoms with Crippen molar-refractivity contribution in [3.05, 3.63) is 29.8 Å². The highest BCUT2D eigenvalue weighted by Crippen LogP contribution is 2.20. The second-order valence-electron chi connectivity index (χ2n) is 3.35. The predicted molar refractivity (Wildman–Crippen MR) is 59.6 cm³/mol. The Morgan fingerprint density at radius 3 is 2.50 bits per heavy atom. The lowest BCUT2D eigenvalue weighted by Crippen LogP contribution is -2.09. The van der Waals surface area contributed by atoms with Gasteiger partial charge in [-0.2, -0.15) is 0 Å². The minimum atomic E-state index is -0.960. The molecule has 1 N–H and O–H groups in total. The van der Waals surface area contributed by atoms with Gasteiger partial charge in [-0.15, -0.1) is 0 Å². The van der Waals surface area contributed by atoms with Gasteiger partial charge in [0.25, 0.3) is 0 Å². The molecule has 16 heavy (non-hydrogen) atoms. The number of carbonyl (C=O) groups is 1. The number of hydrogen-bond acceptors (Lipinski definition) is 3. The molecule has 0 aliphatic heterocycles. The smallest absolute Gasteiger partial charge is 0.329 e. The van der Waals surface area contributed by atoms with E-state index >= 15 is 0 Å². The molecule has 0 heterocycles. The van der Waals surface area contributed by atoms with Gasteiger partial charge in [-0.1, -0.05) is 12.1 Å². The van der Waals surface area contributed by atoms with E-state index in [4.69, 9.17) is 14.6 Å². The summed E-state index contributed by atoms with van der Waals surface area (Å²) in [7, 11) is 0. The SMILES string of the molecule is CCOc1ccc(C(C)OCC(=O)O)cc1. The summed E-state index contributed by atoms with van der Waals surface area (Å²) in [5.41, 5.74) is 0.935. The number of aliphatic carboxylic acids is 1. The Balaban J connectivity index is 2.55. The van der Waals surface area contributed by atoms with Crippen molar-refractivity contribution in [1.29, 1.82) is 0 Å². The number of hydrogen-bond donors (Lipinski definition) is 1. The molecule has 1 aromatic rings. The molecule has 0 saturated carbocycles. The fraction of sp³-hybridized carbons (Fsp3) is 0.417. The summed E-state index contributed by atoms with van der Waals surface area (Å²) in [6.45, 7) is 4.09. The van der Waals surface area contributed by atoms with Crippen LogP contribution in [-0.2, 0) is 9.53 Å². The van der Waals surface area contributed by atoms with Gasteiger partial charge in [0.05, 0.1) is 12.7 Å². The molecule has 0 amide bonds. The topological polar surface area (TPSA) is 55.8 Å². The molecule has 0 aliphatic rings. The second-order valence-corrected chi connectivity index (χ2v) is 3.35. The molecule has 1 rings (SSSR count). The van der Waals surface area contributed by atoms with Gasteiger partial charge in [-0.25, -0.2) is 4.79 Å². The van der Waals surface area contributed by atoms with E-state index in [0.717, 1.165) is 11.3 Å². The Kier molecular flexibility index (Phi) is 4.79. The summed E-state index contributed by atoms with van der Waals surface area (Å²) >= 11 is 0. The number of ether oxygens (including phenoxy) is 2. The molecule has 0 bridgehead atoms. The Bertz CT molecular complexity index is 331. The van der Waals surface area contributed by atoms with Gasteiger partial charge in [-0.3, -0.25) is 0 Å². The van der Waals surface area contributed by atoms with Crippen LogP contribution in [0.2, 0.25) is 0 Å². The second kappa shape index (κ2) is 6.12. The normalized spacial score (nSPS) is 12.1. The lowest BCUT2D eigenvalue weighted by molar-refractivity contribution is -0.144. The predicted octanol–water partition coefficient (Wildman–Crippen LogP) is 2.25. The molecule has 0 spiro atoms. The first-order valence-corrected chi connectivity index (χ1v) is 5.19. The molecule has 0 saturated heterocycles. The molecule has 0 fully saturated rings. The summed E-state index contributed by atoms with van der Waals surface area (Å²) in [4.78, 5) is 10.3. The van der Waals surface area contributed by atoms with Gasteiger partial charge < -0.3 is 14.6 Å². The van der Waals surface area contributed by atoms with Crippen LogP contribution in [0.5, 0.6) is 5.75 Å². The van der Waals surface area contributed by atoms with E-state index < -0.39 is 5.97 Å². The quantitative estimate of drug-likeness (QED) is 0.805. The number of carboxylic acid groups (broad SMARTS) is 1. The third-order valence-corrected chi connectivity index (χ3v) is 2.12. The molecule has 1 unspecified atom stereocenters. The monoisotopic (exact) mass is 224 g/mol. The van der Waals surface area contributed by atoms with E-state index in [-0.39, 0.29) is 12.7 Å². The van der Waals surface area contributed by atoms with Crippen molar-refractivity contribution in [2.24, 2.45) is 0 Å². The van der Waals surface area contributed by atoms with Crippen molar-refractivity contribution in [1.82, 2.24) is 0 Å². The highest BCUT2D eigenvalue weighted by Gasteiger charge is 2.07. The van der Waals surface area contributed by atoms with Gasteiger partial charge in [-0.05, 0) is 31.5 Å². The van der Waals surface area contributed by atoms with Crippen molar-refractivity contribution in [2.75, 3.05) is 13.2 Å². The molecule has 4 heteroatoms. The zero-order chi connectivity index (χ0) is 12.0. The first-order valence-electron chi connectivity index (χ1n) is 5.19. The lowest BCUT2D eigenvalue weighted by Gasteiger charge is -2.12. The molecule has 4 nitrogen and oxygen atoms in total. The average molecular weight is 224 g/mol. The van der Waals surface area contributed by atoms with E-state index in [1.54, 1.807) is 0 Å². The molecule has 88 valence electrons. The van der Waals surface area contributed by atoms with Gasteiger partial charge in [0.15, 0.2) is 0 Å². The van der Waals surface area contributed by atoms with Crippen molar-refractivity contribution >= 4 is 5.97 Å². The van der Waals surface area contributed by atoms with E-state index in [0.29, 0.717) is 6.61 Å². The third kappa shape index (κ3) is 3.90. The molecular weight excluding hydrogens is 208 g/mol. The maximum atomic E-state index is 10.3. The third-order valence-electron chi connectivity index (χ3n) is 2.12. The van der Waals surface area contributed by atoms with Crippen LogP contribution in [0.3, 0.4) is 0 Å². The van der Waals surface area contributed by atoms with Crippen molar-refractivity contribution in [3.8, 4) is 5.75 Å². The highest BCUT2D eigenvalue weighted by atomic mass is 16.5. The Morgan fingerprint density at radius 2 is 2.00 bits per heavy atom. The summed E-state index contributed by atoms with van der Waals surface area (Å²) in [5.74, 6) is -0.158. The Hall–Kier alpha value is -1.55.